The van der Waals surface area contributed by atoms with Gasteiger partial charge in [0.2, 0.25) is 0 Å². The van der Waals surface area contributed by atoms with Crippen LogP contribution in [-0.2, 0) is 0 Å². The number of hydrogen-bond donors (Lipinski definition) is 1. The fourth-order valence-electron chi connectivity index (χ4n) is 2.05. The van der Waals surface area contributed by atoms with Crippen molar-refractivity contribution < 1.29 is 0 Å². The van der Waals surface area contributed by atoms with Gasteiger partial charge < -0.3 is 15.5 Å². The fraction of sp³-hybridized carbons (Fsp3) is 0.500. The van der Waals surface area contributed by atoms with Gasteiger partial charge in [-0.1, -0.05) is 0 Å². The SMILES string of the molecule is CC1CN(c2ncc(N)cc2C#N)CCN1C. The van der Waals surface area contributed by atoms with E-state index in [9.17, 15) is 0 Å². The summed E-state index contributed by atoms with van der Waals surface area (Å²) in [6.07, 6.45) is 1.61. The minimum absolute atomic E-state index is 0.467. The first-order chi connectivity index (χ1) is 8.11. The van der Waals surface area contributed by atoms with E-state index in [1.165, 1.54) is 0 Å². The van der Waals surface area contributed by atoms with Crippen LogP contribution in [0.4, 0.5) is 11.5 Å². The Hall–Kier alpha value is -1.80. The van der Waals surface area contributed by atoms with E-state index in [0.29, 0.717) is 17.3 Å². The molecule has 0 bridgehead atoms. The molecule has 1 unspecified atom stereocenters. The van der Waals surface area contributed by atoms with Crippen molar-refractivity contribution in [3.05, 3.63) is 17.8 Å². The molecule has 1 aliphatic rings. The van der Waals surface area contributed by atoms with Crippen LogP contribution < -0.4 is 10.6 Å². The quantitative estimate of drug-likeness (QED) is 0.769. The summed E-state index contributed by atoms with van der Waals surface area (Å²) in [7, 11) is 2.11. The molecule has 2 heterocycles. The highest BCUT2D eigenvalue weighted by molar-refractivity contribution is 5.59. The average molecular weight is 231 g/mol. The van der Waals surface area contributed by atoms with E-state index in [1.54, 1.807) is 12.3 Å². The lowest BCUT2D eigenvalue weighted by Crippen LogP contribution is -2.50. The van der Waals surface area contributed by atoms with Crippen LogP contribution >= 0.6 is 0 Å². The van der Waals surface area contributed by atoms with Crippen molar-refractivity contribution >= 4 is 11.5 Å². The number of likely N-dealkylation sites (N-methyl/N-ethyl adjacent to an activating group) is 1. The van der Waals surface area contributed by atoms with Crippen LogP contribution in [0.1, 0.15) is 12.5 Å². The number of rotatable bonds is 1. The van der Waals surface area contributed by atoms with Crippen LogP contribution in [0, 0.1) is 11.3 Å². The van der Waals surface area contributed by atoms with E-state index in [1.807, 2.05) is 0 Å². The zero-order chi connectivity index (χ0) is 12.4. The molecule has 5 heteroatoms. The van der Waals surface area contributed by atoms with E-state index >= 15 is 0 Å². The van der Waals surface area contributed by atoms with Gasteiger partial charge in [0.1, 0.15) is 11.9 Å². The normalized spacial score (nSPS) is 21.2. The summed E-state index contributed by atoms with van der Waals surface area (Å²) in [6.45, 7) is 4.95. The summed E-state index contributed by atoms with van der Waals surface area (Å²) >= 11 is 0. The van der Waals surface area contributed by atoms with E-state index in [4.69, 9.17) is 11.0 Å². The Morgan fingerprint density at radius 3 is 2.94 bits per heavy atom. The smallest absolute Gasteiger partial charge is 0.146 e. The van der Waals surface area contributed by atoms with E-state index < -0.39 is 0 Å². The van der Waals surface area contributed by atoms with Gasteiger partial charge in [-0.25, -0.2) is 4.98 Å². The van der Waals surface area contributed by atoms with Crippen molar-refractivity contribution in [2.24, 2.45) is 0 Å². The third-order valence-electron chi connectivity index (χ3n) is 3.27. The van der Waals surface area contributed by atoms with Crippen LogP contribution in [0.5, 0.6) is 0 Å². The summed E-state index contributed by atoms with van der Waals surface area (Å²) in [5.74, 6) is 0.752. The third kappa shape index (κ3) is 2.32. The first kappa shape index (κ1) is 11.7. The number of nitrogens with zero attached hydrogens (tertiary/aromatic N) is 4. The average Bonchev–Trinajstić information content (AvgIpc) is 2.32. The summed E-state index contributed by atoms with van der Waals surface area (Å²) in [4.78, 5) is 8.75. The summed E-state index contributed by atoms with van der Waals surface area (Å²) in [5.41, 5.74) is 6.73. The highest BCUT2D eigenvalue weighted by atomic mass is 15.3. The molecule has 1 aliphatic heterocycles. The van der Waals surface area contributed by atoms with Crippen molar-refractivity contribution in [1.82, 2.24) is 9.88 Å². The molecule has 0 radical (unpaired) electrons. The van der Waals surface area contributed by atoms with Crippen LogP contribution in [0.15, 0.2) is 12.3 Å². The molecule has 0 saturated carbocycles. The topological polar surface area (TPSA) is 69.2 Å². The fourth-order valence-corrected chi connectivity index (χ4v) is 2.05. The molecule has 1 aromatic heterocycles. The maximum absolute atomic E-state index is 9.11. The Morgan fingerprint density at radius 2 is 2.29 bits per heavy atom. The molecule has 1 atom stereocenters. The number of pyridine rings is 1. The Balaban J connectivity index is 2.26. The number of nitrogens with two attached hydrogens (primary N) is 1. The molecule has 1 saturated heterocycles. The number of aromatic nitrogens is 1. The second-order valence-electron chi connectivity index (χ2n) is 4.53. The molecule has 0 spiro atoms. The second kappa shape index (κ2) is 4.60. The standard InChI is InChI=1S/C12H17N5/c1-9-8-17(4-3-16(9)2)12-10(6-13)5-11(14)7-15-12/h5,7,9H,3-4,8,14H2,1-2H3. The van der Waals surface area contributed by atoms with Gasteiger partial charge in [0, 0.05) is 25.7 Å². The Kier molecular flexibility index (Phi) is 3.16. The van der Waals surface area contributed by atoms with E-state index in [0.717, 1.165) is 25.5 Å². The number of nitrogen functional groups attached to an aromatic ring is 1. The molecule has 90 valence electrons. The molecule has 0 aromatic carbocycles. The molecular formula is C12H17N5. The van der Waals surface area contributed by atoms with Crippen molar-refractivity contribution in [1.29, 1.82) is 5.26 Å². The number of hydrogen-bond acceptors (Lipinski definition) is 5. The molecule has 1 fully saturated rings. The molecule has 0 aliphatic carbocycles. The largest absolute Gasteiger partial charge is 0.397 e. The number of anilines is 2. The molecule has 1 aromatic rings. The van der Waals surface area contributed by atoms with Gasteiger partial charge in [0.15, 0.2) is 0 Å². The lowest BCUT2D eigenvalue weighted by atomic mass is 10.1. The minimum atomic E-state index is 0.467. The van der Waals surface area contributed by atoms with E-state index in [-0.39, 0.29) is 0 Å². The van der Waals surface area contributed by atoms with Gasteiger partial charge in [0.25, 0.3) is 0 Å². The highest BCUT2D eigenvalue weighted by Gasteiger charge is 2.23. The number of nitriles is 1. The van der Waals surface area contributed by atoms with Gasteiger partial charge in [-0.3, -0.25) is 0 Å². The van der Waals surface area contributed by atoms with Gasteiger partial charge in [-0.05, 0) is 20.0 Å². The highest BCUT2D eigenvalue weighted by Crippen LogP contribution is 2.21. The molecular weight excluding hydrogens is 214 g/mol. The first-order valence-electron chi connectivity index (χ1n) is 5.72. The van der Waals surface area contributed by atoms with Gasteiger partial charge in [-0.15, -0.1) is 0 Å². The zero-order valence-corrected chi connectivity index (χ0v) is 10.2. The van der Waals surface area contributed by atoms with Crippen LogP contribution in [0.3, 0.4) is 0 Å². The third-order valence-corrected chi connectivity index (χ3v) is 3.27. The molecule has 0 amide bonds. The Morgan fingerprint density at radius 1 is 1.53 bits per heavy atom. The van der Waals surface area contributed by atoms with Crippen LogP contribution in [0.25, 0.3) is 0 Å². The van der Waals surface area contributed by atoms with Gasteiger partial charge in [0.05, 0.1) is 17.4 Å². The minimum Gasteiger partial charge on any atom is -0.397 e. The second-order valence-corrected chi connectivity index (χ2v) is 4.53. The van der Waals surface area contributed by atoms with E-state index in [2.05, 4.69) is 34.8 Å². The zero-order valence-electron chi connectivity index (χ0n) is 10.2. The molecule has 2 rings (SSSR count). The Bertz CT molecular complexity index is 451. The molecule has 17 heavy (non-hydrogen) atoms. The summed E-state index contributed by atoms with van der Waals surface area (Å²) < 4.78 is 0. The van der Waals surface area contributed by atoms with Crippen molar-refractivity contribution in [3.8, 4) is 6.07 Å². The maximum atomic E-state index is 9.11. The lowest BCUT2D eigenvalue weighted by molar-refractivity contribution is 0.233. The van der Waals surface area contributed by atoms with Crippen molar-refractivity contribution in [2.45, 2.75) is 13.0 Å². The molecule has 5 nitrogen and oxygen atoms in total. The Labute approximate surface area is 101 Å². The summed E-state index contributed by atoms with van der Waals surface area (Å²) in [5, 5.41) is 9.11. The maximum Gasteiger partial charge on any atom is 0.146 e. The lowest BCUT2D eigenvalue weighted by Gasteiger charge is -2.38. The predicted molar refractivity (Wildman–Crippen MR) is 67.7 cm³/mol. The molecule has 2 N–H and O–H groups in total. The predicted octanol–water partition coefficient (Wildman–Crippen LogP) is 0.676. The van der Waals surface area contributed by atoms with Gasteiger partial charge in [-0.2, -0.15) is 5.26 Å². The van der Waals surface area contributed by atoms with Crippen LogP contribution in [0.2, 0.25) is 0 Å². The van der Waals surface area contributed by atoms with Crippen molar-refractivity contribution in [3.63, 3.8) is 0 Å². The van der Waals surface area contributed by atoms with Gasteiger partial charge >= 0.3 is 0 Å². The first-order valence-corrected chi connectivity index (χ1v) is 5.72. The van der Waals surface area contributed by atoms with Crippen LogP contribution in [-0.4, -0.2) is 42.6 Å². The number of piperazine rings is 1. The monoisotopic (exact) mass is 231 g/mol. The summed E-state index contributed by atoms with van der Waals surface area (Å²) in [6, 6.07) is 4.32. The van der Waals surface area contributed by atoms with Crippen molar-refractivity contribution in [2.75, 3.05) is 37.3 Å².